The van der Waals surface area contributed by atoms with Gasteiger partial charge in [-0.05, 0) is 30.2 Å². The second kappa shape index (κ2) is 10.1. The number of esters is 1. The number of guanidine groups is 1. The summed E-state index contributed by atoms with van der Waals surface area (Å²) in [6.45, 7) is 6.02. The molecular weight excluding hydrogens is 428 g/mol. The van der Waals surface area contributed by atoms with E-state index in [4.69, 9.17) is 21.3 Å². The third-order valence-corrected chi connectivity index (χ3v) is 6.02. The molecule has 1 N–H and O–H groups in total. The Kier molecular flexibility index (Phi) is 7.07. The second-order valence-electron chi connectivity index (χ2n) is 7.92. The molecule has 8 heteroatoms. The molecule has 0 radical (unpaired) electrons. The fraction of sp³-hybridized carbons (Fsp3) is 0.375. The van der Waals surface area contributed by atoms with E-state index in [1.807, 2.05) is 6.07 Å². The summed E-state index contributed by atoms with van der Waals surface area (Å²) in [4.78, 5) is 34.8. The first kappa shape index (κ1) is 22.3. The van der Waals surface area contributed by atoms with Crippen LogP contribution < -0.4 is 5.32 Å². The van der Waals surface area contributed by atoms with Crippen LogP contribution in [0.1, 0.15) is 24.1 Å². The van der Waals surface area contributed by atoms with Crippen molar-refractivity contribution in [2.75, 3.05) is 32.8 Å². The fourth-order valence-corrected chi connectivity index (χ4v) is 4.21. The van der Waals surface area contributed by atoms with Crippen LogP contribution in [0.5, 0.6) is 0 Å². The molecule has 0 spiro atoms. The van der Waals surface area contributed by atoms with E-state index in [-0.39, 0.29) is 12.5 Å². The molecule has 2 aromatic rings. The third-order valence-electron chi connectivity index (χ3n) is 5.77. The van der Waals surface area contributed by atoms with E-state index in [0.29, 0.717) is 11.0 Å². The highest BCUT2D eigenvalue weighted by molar-refractivity contribution is 6.30. The van der Waals surface area contributed by atoms with Crippen molar-refractivity contribution in [1.82, 2.24) is 15.1 Å². The minimum atomic E-state index is -1.03. The summed E-state index contributed by atoms with van der Waals surface area (Å²) in [7, 11) is 0. The predicted molar refractivity (Wildman–Crippen MR) is 123 cm³/mol. The Bertz CT molecular complexity index is 972. The van der Waals surface area contributed by atoms with Crippen LogP contribution in [0, 0.1) is 5.92 Å². The summed E-state index contributed by atoms with van der Waals surface area (Å²) >= 11 is 6.03. The standard InChI is InChI=1S/C24H27ClN4O3/c1-2-32-23(31)20-21(18-8-10-19(25)11-9-18)26-24(27-22(20)30)29-14-12-28(13-15-29)16-17-6-4-3-5-7-17/h3-11,20-21H,2,12-16H2,1H3,(H,26,27,30)/t20-,21-/m1/s1. The smallest absolute Gasteiger partial charge is 0.321 e. The maximum atomic E-state index is 13.0. The number of halogens is 1. The highest BCUT2D eigenvalue weighted by Gasteiger charge is 2.42. The number of aliphatic imine (C=N–C) groups is 1. The van der Waals surface area contributed by atoms with E-state index in [2.05, 4.69) is 39.4 Å². The summed E-state index contributed by atoms with van der Waals surface area (Å²) in [5.41, 5.74) is 2.03. The lowest BCUT2D eigenvalue weighted by Gasteiger charge is -2.39. The molecule has 2 aromatic carbocycles. The van der Waals surface area contributed by atoms with Crippen LogP contribution in [0.3, 0.4) is 0 Å². The molecule has 2 atom stereocenters. The van der Waals surface area contributed by atoms with Gasteiger partial charge in [0.25, 0.3) is 0 Å². The molecule has 0 bridgehead atoms. The molecule has 1 amide bonds. The van der Waals surface area contributed by atoms with Crippen molar-refractivity contribution in [3.05, 3.63) is 70.7 Å². The van der Waals surface area contributed by atoms with Crippen molar-refractivity contribution in [2.45, 2.75) is 19.5 Å². The van der Waals surface area contributed by atoms with Crippen molar-refractivity contribution in [3.63, 3.8) is 0 Å². The van der Waals surface area contributed by atoms with Crippen LogP contribution in [0.25, 0.3) is 0 Å². The number of benzene rings is 2. The number of hydrogen-bond acceptors (Lipinski definition) is 6. The number of amides is 1. The SMILES string of the molecule is CCOC(=O)[C@H]1C(=O)NC(N2CCN(Cc3ccccc3)CC2)=N[C@@H]1c1ccc(Cl)cc1. The van der Waals surface area contributed by atoms with Gasteiger partial charge in [0.15, 0.2) is 5.92 Å². The number of ether oxygens (including phenoxy) is 1. The lowest BCUT2D eigenvalue weighted by Crippen LogP contribution is -2.57. The van der Waals surface area contributed by atoms with Crippen LogP contribution in [0.15, 0.2) is 59.6 Å². The van der Waals surface area contributed by atoms with Gasteiger partial charge in [-0.3, -0.25) is 19.8 Å². The number of rotatable bonds is 5. The van der Waals surface area contributed by atoms with Gasteiger partial charge in [-0.15, -0.1) is 0 Å². The van der Waals surface area contributed by atoms with E-state index >= 15 is 0 Å². The van der Waals surface area contributed by atoms with Gasteiger partial charge in [-0.1, -0.05) is 54.1 Å². The first-order chi connectivity index (χ1) is 15.5. The maximum Gasteiger partial charge on any atom is 0.321 e. The van der Waals surface area contributed by atoms with Crippen molar-refractivity contribution in [1.29, 1.82) is 0 Å². The number of nitrogens with one attached hydrogen (secondary N) is 1. The van der Waals surface area contributed by atoms with Gasteiger partial charge in [-0.25, -0.2) is 4.99 Å². The monoisotopic (exact) mass is 454 g/mol. The Hall–Kier alpha value is -2.90. The molecule has 2 aliphatic heterocycles. The Morgan fingerprint density at radius 2 is 1.78 bits per heavy atom. The Morgan fingerprint density at radius 1 is 1.09 bits per heavy atom. The maximum absolute atomic E-state index is 13.0. The van der Waals surface area contributed by atoms with E-state index in [9.17, 15) is 9.59 Å². The zero-order valence-electron chi connectivity index (χ0n) is 18.0. The van der Waals surface area contributed by atoms with Gasteiger partial charge in [0, 0.05) is 37.7 Å². The number of piperazine rings is 1. The van der Waals surface area contributed by atoms with Gasteiger partial charge in [0.05, 0.1) is 6.61 Å². The third kappa shape index (κ3) is 5.11. The minimum Gasteiger partial charge on any atom is -0.465 e. The molecule has 0 aromatic heterocycles. The van der Waals surface area contributed by atoms with Crippen molar-refractivity contribution in [2.24, 2.45) is 10.9 Å². The Labute approximate surface area is 193 Å². The molecule has 7 nitrogen and oxygen atoms in total. The van der Waals surface area contributed by atoms with Gasteiger partial charge in [-0.2, -0.15) is 0 Å². The van der Waals surface area contributed by atoms with E-state index in [0.717, 1.165) is 38.3 Å². The van der Waals surface area contributed by atoms with Crippen LogP contribution in [-0.2, 0) is 20.9 Å². The van der Waals surface area contributed by atoms with E-state index in [1.165, 1.54) is 5.56 Å². The van der Waals surface area contributed by atoms with E-state index < -0.39 is 17.9 Å². The number of carbonyl (C=O) groups is 2. The molecule has 1 saturated heterocycles. The predicted octanol–water partition coefficient (Wildman–Crippen LogP) is 2.86. The molecule has 168 valence electrons. The van der Waals surface area contributed by atoms with Gasteiger partial charge in [0.1, 0.15) is 6.04 Å². The lowest BCUT2D eigenvalue weighted by molar-refractivity contribution is -0.153. The first-order valence-corrected chi connectivity index (χ1v) is 11.2. The lowest BCUT2D eigenvalue weighted by atomic mass is 9.91. The molecule has 0 aliphatic carbocycles. The highest BCUT2D eigenvalue weighted by atomic mass is 35.5. The minimum absolute atomic E-state index is 0.204. The number of carbonyl (C=O) groups excluding carboxylic acids is 2. The van der Waals surface area contributed by atoms with Gasteiger partial charge in [0.2, 0.25) is 11.9 Å². The van der Waals surface area contributed by atoms with Crippen LogP contribution in [0.4, 0.5) is 0 Å². The Balaban J connectivity index is 1.51. The van der Waals surface area contributed by atoms with E-state index in [1.54, 1.807) is 31.2 Å². The summed E-state index contributed by atoms with van der Waals surface area (Å²) < 4.78 is 5.16. The Morgan fingerprint density at radius 3 is 2.44 bits per heavy atom. The van der Waals surface area contributed by atoms with Crippen molar-refractivity contribution < 1.29 is 14.3 Å². The van der Waals surface area contributed by atoms with Crippen LogP contribution in [0.2, 0.25) is 5.02 Å². The average molecular weight is 455 g/mol. The molecule has 32 heavy (non-hydrogen) atoms. The topological polar surface area (TPSA) is 74.2 Å². The van der Waals surface area contributed by atoms with Gasteiger partial charge < -0.3 is 9.64 Å². The molecule has 2 heterocycles. The van der Waals surface area contributed by atoms with Crippen LogP contribution in [-0.4, -0.2) is 60.4 Å². The van der Waals surface area contributed by atoms with Crippen molar-refractivity contribution in [3.8, 4) is 0 Å². The normalized spacial score (nSPS) is 21.6. The zero-order chi connectivity index (χ0) is 22.5. The molecule has 2 aliphatic rings. The number of hydrogen-bond donors (Lipinski definition) is 1. The first-order valence-electron chi connectivity index (χ1n) is 10.9. The molecular formula is C24H27ClN4O3. The summed E-state index contributed by atoms with van der Waals surface area (Å²) in [6, 6.07) is 16.8. The molecule has 1 fully saturated rings. The summed E-state index contributed by atoms with van der Waals surface area (Å²) in [6.07, 6.45) is 0. The molecule has 0 saturated carbocycles. The highest BCUT2D eigenvalue weighted by Crippen LogP contribution is 2.31. The quantitative estimate of drug-likeness (QED) is 0.555. The molecule has 0 unspecified atom stereocenters. The summed E-state index contributed by atoms with van der Waals surface area (Å²) in [5.74, 6) is -1.48. The largest absolute Gasteiger partial charge is 0.465 e. The second-order valence-corrected chi connectivity index (χ2v) is 8.35. The fourth-order valence-electron chi connectivity index (χ4n) is 4.08. The molecule has 4 rings (SSSR count). The number of nitrogens with zero attached hydrogens (tertiary/aromatic N) is 3. The van der Waals surface area contributed by atoms with Crippen LogP contribution >= 0.6 is 11.6 Å². The van der Waals surface area contributed by atoms with Crippen molar-refractivity contribution >= 4 is 29.4 Å². The zero-order valence-corrected chi connectivity index (χ0v) is 18.8. The van der Waals surface area contributed by atoms with Gasteiger partial charge >= 0.3 is 5.97 Å². The summed E-state index contributed by atoms with van der Waals surface area (Å²) in [5, 5.41) is 3.43. The average Bonchev–Trinajstić information content (AvgIpc) is 2.80.